The molecule has 4 heteroatoms. The van der Waals surface area contributed by atoms with Gasteiger partial charge in [-0.3, -0.25) is 0 Å². The third-order valence-electron chi connectivity index (χ3n) is 3.29. The Bertz CT molecular complexity index is 556. The van der Waals surface area contributed by atoms with E-state index < -0.39 is 0 Å². The van der Waals surface area contributed by atoms with Crippen LogP contribution in [-0.2, 0) is 19.6 Å². The summed E-state index contributed by atoms with van der Waals surface area (Å²) in [7, 11) is 0. The summed E-state index contributed by atoms with van der Waals surface area (Å²) in [5.74, 6) is 1.37. The molecule has 2 heterocycles. The average molecular weight is 241 g/mol. The summed E-state index contributed by atoms with van der Waals surface area (Å²) in [5.41, 5.74) is 2.78. The molecule has 1 aromatic carbocycles. The van der Waals surface area contributed by atoms with Crippen molar-refractivity contribution < 1.29 is 5.11 Å². The Morgan fingerprint density at radius 1 is 1.17 bits per heavy atom. The lowest BCUT2D eigenvalue weighted by atomic mass is 10.00. The normalized spacial score (nSPS) is 14.4. The van der Waals surface area contributed by atoms with Crippen molar-refractivity contribution in [3.8, 4) is 0 Å². The first-order valence-electron chi connectivity index (χ1n) is 6.11. The van der Waals surface area contributed by atoms with Crippen LogP contribution in [0.2, 0.25) is 0 Å². The molecule has 0 spiro atoms. The Morgan fingerprint density at radius 2 is 2.00 bits per heavy atom. The number of nitrogens with zero attached hydrogens (tertiary/aromatic N) is 3. The molecule has 0 fully saturated rings. The minimum absolute atomic E-state index is 0.113. The Hall–Kier alpha value is -1.94. The van der Waals surface area contributed by atoms with Gasteiger partial charge >= 0.3 is 0 Å². The Labute approximate surface area is 106 Å². The molecule has 2 aromatic rings. The Morgan fingerprint density at radius 3 is 2.83 bits per heavy atom. The number of aliphatic hydroxyl groups is 1. The van der Waals surface area contributed by atoms with E-state index in [1.807, 2.05) is 6.07 Å². The molecule has 0 atom stereocenters. The largest absolute Gasteiger partial charge is 0.388 e. The number of aromatic nitrogens is 2. The van der Waals surface area contributed by atoms with E-state index in [0.29, 0.717) is 5.82 Å². The fraction of sp³-hybridized carbons (Fsp3) is 0.286. The average Bonchev–Trinajstić information content (AvgIpc) is 2.47. The number of anilines is 1. The lowest BCUT2D eigenvalue weighted by Gasteiger charge is -2.29. The van der Waals surface area contributed by atoms with Crippen molar-refractivity contribution in [3.63, 3.8) is 0 Å². The molecule has 92 valence electrons. The van der Waals surface area contributed by atoms with Gasteiger partial charge in [0.15, 0.2) is 5.82 Å². The molecule has 0 radical (unpaired) electrons. The van der Waals surface area contributed by atoms with Crippen LogP contribution in [0, 0.1) is 0 Å². The fourth-order valence-corrected chi connectivity index (χ4v) is 2.33. The van der Waals surface area contributed by atoms with Gasteiger partial charge in [-0.2, -0.15) is 0 Å². The van der Waals surface area contributed by atoms with Crippen molar-refractivity contribution in [2.45, 2.75) is 19.6 Å². The highest BCUT2D eigenvalue weighted by Gasteiger charge is 2.17. The highest BCUT2D eigenvalue weighted by atomic mass is 16.3. The summed E-state index contributed by atoms with van der Waals surface area (Å²) in [6.07, 6.45) is 2.74. The Kier molecular flexibility index (Phi) is 2.94. The molecule has 18 heavy (non-hydrogen) atoms. The molecular weight excluding hydrogens is 226 g/mol. The highest BCUT2D eigenvalue weighted by molar-refractivity contribution is 5.43. The molecule has 0 bridgehead atoms. The van der Waals surface area contributed by atoms with Gasteiger partial charge in [0.2, 0.25) is 0 Å². The maximum Gasteiger partial charge on any atom is 0.156 e. The molecule has 0 amide bonds. The van der Waals surface area contributed by atoms with E-state index in [0.717, 1.165) is 25.3 Å². The summed E-state index contributed by atoms with van der Waals surface area (Å²) in [6, 6.07) is 10.4. The highest BCUT2D eigenvalue weighted by Crippen LogP contribution is 2.22. The topological polar surface area (TPSA) is 49.3 Å². The van der Waals surface area contributed by atoms with Crippen molar-refractivity contribution in [3.05, 3.63) is 53.5 Å². The summed E-state index contributed by atoms with van der Waals surface area (Å²) >= 11 is 0. The van der Waals surface area contributed by atoms with Crippen LogP contribution in [0.5, 0.6) is 0 Å². The second-order valence-corrected chi connectivity index (χ2v) is 4.43. The van der Waals surface area contributed by atoms with Crippen LogP contribution >= 0.6 is 0 Å². The standard InChI is InChI=1S/C14H15N3O/c18-10-13-15-7-5-14(16-13)17-8-6-11-3-1-2-4-12(11)9-17/h1-5,7,18H,6,8-10H2. The molecule has 3 rings (SSSR count). The summed E-state index contributed by atoms with van der Waals surface area (Å²) in [5, 5.41) is 9.07. The molecule has 1 N–H and O–H groups in total. The van der Waals surface area contributed by atoms with Gasteiger partial charge < -0.3 is 10.0 Å². The molecule has 1 aromatic heterocycles. The number of hydrogen-bond donors (Lipinski definition) is 1. The van der Waals surface area contributed by atoms with Gasteiger partial charge in [-0.15, -0.1) is 0 Å². The lowest BCUT2D eigenvalue weighted by molar-refractivity contribution is 0.271. The van der Waals surface area contributed by atoms with Crippen LogP contribution in [0.4, 0.5) is 5.82 Å². The van der Waals surface area contributed by atoms with E-state index >= 15 is 0 Å². The van der Waals surface area contributed by atoms with Gasteiger partial charge in [0, 0.05) is 19.3 Å². The first-order valence-corrected chi connectivity index (χ1v) is 6.11. The van der Waals surface area contributed by atoms with Gasteiger partial charge in [-0.25, -0.2) is 9.97 Å². The van der Waals surface area contributed by atoms with Crippen molar-refractivity contribution in [1.29, 1.82) is 0 Å². The predicted molar refractivity (Wildman–Crippen MR) is 69.2 cm³/mol. The van der Waals surface area contributed by atoms with E-state index in [2.05, 4.69) is 39.1 Å². The van der Waals surface area contributed by atoms with Crippen LogP contribution in [0.3, 0.4) is 0 Å². The maximum absolute atomic E-state index is 9.07. The van der Waals surface area contributed by atoms with Crippen molar-refractivity contribution in [2.75, 3.05) is 11.4 Å². The van der Waals surface area contributed by atoms with Gasteiger partial charge in [0.1, 0.15) is 12.4 Å². The van der Waals surface area contributed by atoms with Crippen LogP contribution in [0.1, 0.15) is 17.0 Å². The molecule has 0 aliphatic carbocycles. The quantitative estimate of drug-likeness (QED) is 0.866. The monoisotopic (exact) mass is 241 g/mol. The van der Waals surface area contributed by atoms with E-state index in [9.17, 15) is 0 Å². The zero-order valence-corrected chi connectivity index (χ0v) is 10.1. The number of aliphatic hydroxyl groups excluding tert-OH is 1. The van der Waals surface area contributed by atoms with E-state index in [1.165, 1.54) is 11.1 Å². The van der Waals surface area contributed by atoms with Crippen molar-refractivity contribution in [2.24, 2.45) is 0 Å². The third-order valence-corrected chi connectivity index (χ3v) is 3.29. The lowest BCUT2D eigenvalue weighted by Crippen LogP contribution is -2.31. The van der Waals surface area contributed by atoms with Gasteiger partial charge in [-0.05, 0) is 23.6 Å². The molecule has 4 nitrogen and oxygen atoms in total. The zero-order valence-electron chi connectivity index (χ0n) is 10.1. The molecule has 1 aliphatic rings. The van der Waals surface area contributed by atoms with Crippen LogP contribution in [0.25, 0.3) is 0 Å². The number of fused-ring (bicyclic) bond motifs is 1. The second kappa shape index (κ2) is 4.74. The zero-order chi connectivity index (χ0) is 12.4. The molecule has 0 unspecified atom stereocenters. The molecular formula is C14H15N3O. The smallest absolute Gasteiger partial charge is 0.156 e. The Balaban J connectivity index is 1.87. The van der Waals surface area contributed by atoms with E-state index in [4.69, 9.17) is 5.11 Å². The van der Waals surface area contributed by atoms with Gasteiger partial charge in [0.05, 0.1) is 0 Å². The third kappa shape index (κ3) is 2.07. The number of benzene rings is 1. The molecule has 1 aliphatic heterocycles. The minimum atomic E-state index is -0.113. The summed E-state index contributed by atoms with van der Waals surface area (Å²) < 4.78 is 0. The number of rotatable bonds is 2. The van der Waals surface area contributed by atoms with E-state index in [1.54, 1.807) is 6.20 Å². The number of hydrogen-bond acceptors (Lipinski definition) is 4. The first kappa shape index (κ1) is 11.2. The SMILES string of the molecule is OCc1nccc(N2CCc3ccccc3C2)n1. The first-order chi connectivity index (χ1) is 8.86. The summed E-state index contributed by atoms with van der Waals surface area (Å²) in [6.45, 7) is 1.72. The molecule has 0 saturated heterocycles. The van der Waals surface area contributed by atoms with Crippen molar-refractivity contribution in [1.82, 2.24) is 9.97 Å². The van der Waals surface area contributed by atoms with Crippen LogP contribution in [0.15, 0.2) is 36.5 Å². The van der Waals surface area contributed by atoms with Gasteiger partial charge in [0.25, 0.3) is 0 Å². The van der Waals surface area contributed by atoms with Crippen LogP contribution < -0.4 is 4.90 Å². The van der Waals surface area contributed by atoms with E-state index in [-0.39, 0.29) is 6.61 Å². The summed E-state index contributed by atoms with van der Waals surface area (Å²) in [4.78, 5) is 10.6. The van der Waals surface area contributed by atoms with Gasteiger partial charge in [-0.1, -0.05) is 24.3 Å². The second-order valence-electron chi connectivity index (χ2n) is 4.43. The fourth-order valence-electron chi connectivity index (χ4n) is 2.33. The van der Waals surface area contributed by atoms with Crippen molar-refractivity contribution >= 4 is 5.82 Å². The predicted octanol–water partition coefficient (Wildman–Crippen LogP) is 1.53. The molecule has 0 saturated carbocycles. The minimum Gasteiger partial charge on any atom is -0.388 e. The maximum atomic E-state index is 9.07. The van der Waals surface area contributed by atoms with Crippen LogP contribution in [-0.4, -0.2) is 21.6 Å².